The number of sulfonamides is 1. The van der Waals surface area contributed by atoms with Crippen molar-refractivity contribution in [3.05, 3.63) is 29.3 Å². The molecule has 5 rings (SSSR count). The highest BCUT2D eigenvalue weighted by atomic mass is 35.5. The standard InChI is InChI=1S/C24H32ClN7O4S2/c1-15-29(4)20-7-8-32(27-23(20)37-15)24(34)31-10-9-30(14-18(31)13-22(33)28(2)3)38(35,36)21-12-16-11-17(25)5-6-19(16)26-21/h5-6,11-12,15,18,20,26H,7-10,13-14H2,1-4H3. The van der Waals surface area contributed by atoms with Gasteiger partial charge in [0.25, 0.3) is 10.0 Å². The van der Waals surface area contributed by atoms with E-state index in [4.69, 9.17) is 11.6 Å². The molecule has 206 valence electrons. The van der Waals surface area contributed by atoms with Gasteiger partial charge >= 0.3 is 6.03 Å². The molecule has 1 N–H and O–H groups in total. The number of hydrazone groups is 1. The number of piperazine rings is 1. The minimum Gasteiger partial charge on any atom is -0.349 e. The highest BCUT2D eigenvalue weighted by Crippen LogP contribution is 2.35. The number of thioether (sulfide) groups is 1. The number of aromatic nitrogens is 1. The fourth-order valence-electron chi connectivity index (χ4n) is 5.09. The zero-order chi connectivity index (χ0) is 27.4. The normalized spacial score (nSPS) is 25.0. The van der Waals surface area contributed by atoms with Gasteiger partial charge in [0, 0.05) is 62.6 Å². The van der Waals surface area contributed by atoms with Gasteiger partial charge in [-0.25, -0.2) is 18.2 Å². The topological polar surface area (TPSA) is 113 Å². The summed E-state index contributed by atoms with van der Waals surface area (Å²) < 4.78 is 28.5. The van der Waals surface area contributed by atoms with Crippen molar-refractivity contribution in [2.24, 2.45) is 5.10 Å². The lowest BCUT2D eigenvalue weighted by atomic mass is 10.1. The number of nitrogens with one attached hydrogen (secondary N) is 1. The molecule has 3 atom stereocenters. The van der Waals surface area contributed by atoms with Crippen LogP contribution in [-0.2, 0) is 14.8 Å². The molecule has 0 saturated carbocycles. The van der Waals surface area contributed by atoms with E-state index in [0.717, 1.165) is 11.5 Å². The number of carbonyl (C=O) groups is 2. The van der Waals surface area contributed by atoms with Crippen LogP contribution in [-0.4, -0.2) is 119 Å². The number of nitrogens with zero attached hydrogens (tertiary/aromatic N) is 6. The Morgan fingerprint density at radius 3 is 2.71 bits per heavy atom. The van der Waals surface area contributed by atoms with Crippen molar-refractivity contribution in [2.75, 3.05) is 47.3 Å². The maximum absolute atomic E-state index is 13.7. The van der Waals surface area contributed by atoms with Crippen LogP contribution in [0.3, 0.4) is 0 Å². The minimum atomic E-state index is -3.90. The number of H-pyrrole nitrogens is 1. The van der Waals surface area contributed by atoms with E-state index >= 15 is 0 Å². The average Bonchev–Trinajstić information content (AvgIpc) is 3.43. The van der Waals surface area contributed by atoms with Crippen LogP contribution in [0.2, 0.25) is 5.02 Å². The van der Waals surface area contributed by atoms with Gasteiger partial charge in [-0.2, -0.15) is 9.41 Å². The summed E-state index contributed by atoms with van der Waals surface area (Å²) in [5, 5.41) is 8.59. The first kappa shape index (κ1) is 27.3. The Balaban J connectivity index is 1.38. The van der Waals surface area contributed by atoms with E-state index in [9.17, 15) is 18.0 Å². The number of hydrogen-bond donors (Lipinski definition) is 1. The van der Waals surface area contributed by atoms with Gasteiger partial charge in [0.2, 0.25) is 5.91 Å². The third-order valence-corrected chi connectivity index (χ3v) is 10.8. The van der Waals surface area contributed by atoms with Crippen LogP contribution in [0.1, 0.15) is 19.8 Å². The Kier molecular flexibility index (Phi) is 7.42. The molecule has 3 aliphatic rings. The third-order valence-electron chi connectivity index (χ3n) is 7.47. The second-order valence-corrected chi connectivity index (χ2v) is 13.8. The number of halogens is 1. The number of aromatic amines is 1. The van der Waals surface area contributed by atoms with Gasteiger partial charge in [-0.15, -0.1) is 0 Å². The van der Waals surface area contributed by atoms with Crippen molar-refractivity contribution in [3.8, 4) is 0 Å². The van der Waals surface area contributed by atoms with E-state index in [0.29, 0.717) is 22.5 Å². The second kappa shape index (κ2) is 10.3. The van der Waals surface area contributed by atoms with E-state index in [-0.39, 0.29) is 54.4 Å². The summed E-state index contributed by atoms with van der Waals surface area (Å²) in [5.41, 5.74) is 0.661. The number of carbonyl (C=O) groups excluding carboxylic acids is 2. The predicted molar refractivity (Wildman–Crippen MR) is 149 cm³/mol. The van der Waals surface area contributed by atoms with Crippen LogP contribution < -0.4 is 0 Å². The molecule has 1 aromatic carbocycles. The van der Waals surface area contributed by atoms with Crippen LogP contribution in [0.4, 0.5) is 4.79 Å². The molecule has 1 aromatic heterocycles. The summed E-state index contributed by atoms with van der Waals surface area (Å²) in [6, 6.07) is 5.97. The average molecular weight is 582 g/mol. The van der Waals surface area contributed by atoms with Crippen molar-refractivity contribution in [1.82, 2.24) is 29.0 Å². The van der Waals surface area contributed by atoms with Crippen LogP contribution in [0.25, 0.3) is 10.9 Å². The van der Waals surface area contributed by atoms with Crippen molar-refractivity contribution in [1.29, 1.82) is 0 Å². The molecule has 2 fully saturated rings. The molecule has 0 radical (unpaired) electrons. The highest BCUT2D eigenvalue weighted by Gasteiger charge is 2.42. The molecule has 3 unspecified atom stereocenters. The number of fused-ring (bicyclic) bond motifs is 2. The summed E-state index contributed by atoms with van der Waals surface area (Å²) in [4.78, 5) is 34.6. The number of benzene rings is 1. The Morgan fingerprint density at radius 1 is 1.21 bits per heavy atom. The maximum Gasteiger partial charge on any atom is 0.340 e. The van der Waals surface area contributed by atoms with Gasteiger partial charge in [0.15, 0.2) is 0 Å². The van der Waals surface area contributed by atoms with Crippen molar-refractivity contribution >= 4 is 61.3 Å². The van der Waals surface area contributed by atoms with Gasteiger partial charge in [-0.3, -0.25) is 9.69 Å². The van der Waals surface area contributed by atoms with E-state index in [1.165, 1.54) is 14.2 Å². The van der Waals surface area contributed by atoms with Gasteiger partial charge in [-0.1, -0.05) is 23.4 Å². The van der Waals surface area contributed by atoms with E-state index < -0.39 is 16.1 Å². The first-order valence-corrected chi connectivity index (χ1v) is 15.2. The molecule has 2 aromatic rings. The summed E-state index contributed by atoms with van der Waals surface area (Å²) in [6.45, 7) is 2.85. The lowest BCUT2D eigenvalue weighted by Gasteiger charge is -2.42. The summed E-state index contributed by atoms with van der Waals surface area (Å²) in [6.07, 6.45) is 0.785. The van der Waals surface area contributed by atoms with E-state index in [2.05, 4.69) is 29.0 Å². The Labute approximate surface area is 231 Å². The molecule has 38 heavy (non-hydrogen) atoms. The summed E-state index contributed by atoms with van der Waals surface area (Å²) >= 11 is 7.72. The second-order valence-electron chi connectivity index (χ2n) is 10.1. The molecular weight excluding hydrogens is 550 g/mol. The highest BCUT2D eigenvalue weighted by molar-refractivity contribution is 8.14. The number of rotatable bonds is 4. The molecule has 0 spiro atoms. The van der Waals surface area contributed by atoms with E-state index in [1.807, 2.05) is 0 Å². The number of hydrogen-bond acceptors (Lipinski definition) is 7. The monoisotopic (exact) mass is 581 g/mol. The fraction of sp³-hybridized carbons (Fsp3) is 0.542. The van der Waals surface area contributed by atoms with Gasteiger partial charge in [-0.05, 0) is 44.7 Å². The zero-order valence-electron chi connectivity index (χ0n) is 21.8. The molecular formula is C24H32ClN7O4S2. The Hall–Kier alpha value is -2.32. The summed E-state index contributed by atoms with van der Waals surface area (Å²) in [5.74, 6) is -0.181. The Bertz CT molecular complexity index is 1400. The van der Waals surface area contributed by atoms with Gasteiger partial charge in [0.05, 0.1) is 17.5 Å². The van der Waals surface area contributed by atoms with Crippen molar-refractivity contribution < 1.29 is 18.0 Å². The number of amides is 3. The van der Waals surface area contributed by atoms with Crippen LogP contribution >= 0.6 is 23.4 Å². The SMILES string of the molecule is CC1SC2=NN(C(=O)N3CCN(S(=O)(=O)c4cc5cc(Cl)ccc5[nH]4)CC3CC(=O)N(C)C)CCC2N1C. The summed E-state index contributed by atoms with van der Waals surface area (Å²) in [7, 11) is 1.45. The van der Waals surface area contributed by atoms with Gasteiger partial charge in [0.1, 0.15) is 10.1 Å². The molecule has 14 heteroatoms. The third kappa shape index (κ3) is 5.02. The van der Waals surface area contributed by atoms with Gasteiger partial charge < -0.3 is 14.8 Å². The molecule has 2 saturated heterocycles. The zero-order valence-corrected chi connectivity index (χ0v) is 24.2. The van der Waals surface area contributed by atoms with E-state index in [1.54, 1.807) is 55.0 Å². The molecule has 3 aliphatic heterocycles. The maximum atomic E-state index is 13.7. The van der Waals surface area contributed by atoms with Crippen LogP contribution in [0.5, 0.6) is 0 Å². The molecule has 11 nitrogen and oxygen atoms in total. The molecule has 3 amide bonds. The smallest absolute Gasteiger partial charge is 0.340 e. The van der Waals surface area contributed by atoms with Crippen molar-refractivity contribution in [3.63, 3.8) is 0 Å². The van der Waals surface area contributed by atoms with Crippen LogP contribution in [0.15, 0.2) is 34.4 Å². The molecule has 0 bridgehead atoms. The lowest BCUT2D eigenvalue weighted by Crippen LogP contribution is -2.60. The molecule has 0 aliphatic carbocycles. The lowest BCUT2D eigenvalue weighted by molar-refractivity contribution is -0.130. The Morgan fingerprint density at radius 2 is 1.97 bits per heavy atom. The first-order valence-electron chi connectivity index (χ1n) is 12.5. The van der Waals surface area contributed by atoms with Crippen LogP contribution in [0, 0.1) is 0 Å². The largest absolute Gasteiger partial charge is 0.349 e. The predicted octanol–water partition coefficient (Wildman–Crippen LogP) is 2.51. The van der Waals surface area contributed by atoms with Crippen molar-refractivity contribution in [2.45, 2.75) is 42.2 Å². The molecule has 4 heterocycles. The number of urea groups is 1. The quantitative estimate of drug-likeness (QED) is 0.594. The first-order chi connectivity index (χ1) is 18.0. The minimum absolute atomic E-state index is 0.00529. The fourth-order valence-corrected chi connectivity index (χ4v) is 8.01.